The average molecular weight is 450 g/mol. The molecule has 5 rings (SSSR count). The molecule has 4 aromatic rings. The average Bonchev–Trinajstić information content (AvgIpc) is 3.32. The first-order chi connectivity index (χ1) is 16.5. The molecule has 1 aliphatic rings. The number of urea groups is 1. The van der Waals surface area contributed by atoms with Gasteiger partial charge in [-0.25, -0.2) is 9.48 Å². The molecule has 34 heavy (non-hydrogen) atoms. The number of rotatable bonds is 5. The third-order valence-corrected chi connectivity index (χ3v) is 5.72. The molecule has 1 fully saturated rings. The summed E-state index contributed by atoms with van der Waals surface area (Å²) in [6.07, 6.45) is 1.45. The molecule has 1 aromatic heterocycles. The second-order valence-electron chi connectivity index (χ2n) is 8.11. The number of H-pyrrole nitrogens is 1. The smallest absolute Gasteiger partial charge is 0.303 e. The van der Waals surface area contributed by atoms with Gasteiger partial charge in [-0.15, -0.1) is 0 Å². The van der Waals surface area contributed by atoms with Crippen LogP contribution in [0.3, 0.4) is 0 Å². The van der Waals surface area contributed by atoms with Crippen LogP contribution in [-0.4, -0.2) is 26.6 Å². The van der Waals surface area contributed by atoms with E-state index >= 15 is 0 Å². The van der Waals surface area contributed by atoms with Gasteiger partial charge >= 0.3 is 6.03 Å². The van der Waals surface area contributed by atoms with Gasteiger partial charge in [0.25, 0.3) is 11.5 Å². The van der Waals surface area contributed by atoms with Crippen LogP contribution in [0.15, 0.2) is 95.4 Å². The van der Waals surface area contributed by atoms with Crippen LogP contribution < -0.4 is 10.9 Å². The molecule has 0 bridgehead atoms. The number of hydrogen-bond donors (Lipinski definition) is 2. The molecule has 7 nitrogen and oxygen atoms in total. The first-order valence-electron chi connectivity index (χ1n) is 10.9. The lowest BCUT2D eigenvalue weighted by Gasteiger charge is -2.11. The van der Waals surface area contributed by atoms with Crippen LogP contribution in [0.2, 0.25) is 0 Å². The zero-order valence-corrected chi connectivity index (χ0v) is 18.5. The topological polar surface area (TPSA) is 87.2 Å². The number of aromatic amines is 1. The van der Waals surface area contributed by atoms with Gasteiger partial charge in [-0.3, -0.25) is 19.6 Å². The van der Waals surface area contributed by atoms with Gasteiger partial charge < -0.3 is 5.32 Å². The van der Waals surface area contributed by atoms with Crippen LogP contribution in [0, 0.1) is 6.92 Å². The first-order valence-corrected chi connectivity index (χ1v) is 10.9. The SMILES string of the molecule is Cc1ccc(CN2C(=O)N/C(=C\c3c(-c4ccccc4)[nH]n(-c4ccccc4)c3=O)C2=O)cc1. The fourth-order valence-corrected chi connectivity index (χ4v) is 3.90. The number of aromatic nitrogens is 2. The molecule has 1 aliphatic heterocycles. The number of benzene rings is 3. The number of carbonyl (C=O) groups excluding carboxylic acids is 2. The van der Waals surface area contributed by atoms with E-state index in [2.05, 4.69) is 10.4 Å². The predicted octanol–water partition coefficient (Wildman–Crippen LogP) is 4.23. The van der Waals surface area contributed by atoms with E-state index in [1.807, 2.05) is 91.9 Å². The van der Waals surface area contributed by atoms with Gasteiger partial charge in [0, 0.05) is 5.56 Å². The highest BCUT2D eigenvalue weighted by Gasteiger charge is 2.34. The van der Waals surface area contributed by atoms with Crippen molar-refractivity contribution in [2.24, 2.45) is 0 Å². The largest absolute Gasteiger partial charge is 0.329 e. The minimum absolute atomic E-state index is 0.0607. The van der Waals surface area contributed by atoms with Gasteiger partial charge in [0.2, 0.25) is 0 Å². The Labute approximate surface area is 195 Å². The van der Waals surface area contributed by atoms with Crippen LogP contribution in [0.5, 0.6) is 0 Å². The Hall–Kier alpha value is -4.65. The lowest BCUT2D eigenvalue weighted by Crippen LogP contribution is -2.30. The number of hydrogen-bond acceptors (Lipinski definition) is 3. The molecule has 7 heteroatoms. The summed E-state index contributed by atoms with van der Waals surface area (Å²) in [5.74, 6) is -0.476. The van der Waals surface area contributed by atoms with Crippen LogP contribution in [0.1, 0.15) is 16.7 Å². The minimum atomic E-state index is -0.517. The van der Waals surface area contributed by atoms with Crippen LogP contribution in [-0.2, 0) is 11.3 Å². The van der Waals surface area contributed by atoms with Crippen molar-refractivity contribution in [2.75, 3.05) is 0 Å². The van der Waals surface area contributed by atoms with Crippen molar-refractivity contribution in [1.29, 1.82) is 0 Å². The Kier molecular flexibility index (Phi) is 5.43. The maximum atomic E-state index is 13.4. The summed E-state index contributed by atoms with van der Waals surface area (Å²) in [4.78, 5) is 40.2. The van der Waals surface area contributed by atoms with E-state index in [4.69, 9.17) is 0 Å². The number of carbonyl (C=O) groups is 2. The van der Waals surface area contributed by atoms with Gasteiger partial charge in [0.15, 0.2) is 0 Å². The van der Waals surface area contributed by atoms with Gasteiger partial charge in [-0.05, 0) is 30.7 Å². The van der Waals surface area contributed by atoms with Crippen molar-refractivity contribution in [3.05, 3.63) is 118 Å². The first kappa shape index (κ1) is 21.2. The summed E-state index contributed by atoms with van der Waals surface area (Å²) in [6.45, 7) is 2.12. The van der Waals surface area contributed by atoms with Crippen LogP contribution in [0.25, 0.3) is 23.0 Å². The third kappa shape index (κ3) is 3.95. The molecule has 3 aromatic carbocycles. The number of aryl methyl sites for hydroxylation is 1. The van der Waals surface area contributed by atoms with Crippen molar-refractivity contribution in [3.8, 4) is 16.9 Å². The summed E-state index contributed by atoms with van der Waals surface area (Å²) in [5, 5.41) is 5.79. The highest BCUT2D eigenvalue weighted by molar-refractivity contribution is 6.14. The summed E-state index contributed by atoms with van der Waals surface area (Å²) < 4.78 is 1.43. The second kappa shape index (κ2) is 8.71. The van der Waals surface area contributed by atoms with Crippen molar-refractivity contribution >= 4 is 18.0 Å². The molecular formula is C27H22N4O3. The van der Waals surface area contributed by atoms with E-state index in [-0.39, 0.29) is 23.4 Å². The third-order valence-electron chi connectivity index (χ3n) is 5.72. The summed E-state index contributed by atoms with van der Waals surface area (Å²) >= 11 is 0. The van der Waals surface area contributed by atoms with E-state index in [1.54, 1.807) is 0 Å². The molecule has 168 valence electrons. The van der Waals surface area contributed by atoms with Gasteiger partial charge in [-0.1, -0.05) is 78.4 Å². The van der Waals surface area contributed by atoms with Crippen molar-refractivity contribution < 1.29 is 9.59 Å². The molecule has 0 radical (unpaired) electrons. The van der Waals surface area contributed by atoms with Gasteiger partial charge in [0.1, 0.15) is 5.70 Å². The highest BCUT2D eigenvalue weighted by Crippen LogP contribution is 2.24. The van der Waals surface area contributed by atoms with E-state index < -0.39 is 11.9 Å². The minimum Gasteiger partial charge on any atom is -0.303 e. The lowest BCUT2D eigenvalue weighted by atomic mass is 10.1. The van der Waals surface area contributed by atoms with E-state index in [0.717, 1.165) is 21.6 Å². The fourth-order valence-electron chi connectivity index (χ4n) is 3.90. The molecule has 0 unspecified atom stereocenters. The van der Waals surface area contributed by atoms with E-state index in [1.165, 1.54) is 10.8 Å². The van der Waals surface area contributed by atoms with Crippen molar-refractivity contribution in [2.45, 2.75) is 13.5 Å². The Morgan fingerprint density at radius 1 is 0.824 bits per heavy atom. The van der Waals surface area contributed by atoms with Crippen LogP contribution in [0.4, 0.5) is 4.79 Å². The van der Waals surface area contributed by atoms with Gasteiger partial charge in [0.05, 0.1) is 23.5 Å². The normalized spacial score (nSPS) is 14.6. The molecule has 0 spiro atoms. The summed E-state index contributed by atoms with van der Waals surface area (Å²) in [5.41, 5.74) is 3.97. The number of nitrogens with one attached hydrogen (secondary N) is 2. The van der Waals surface area contributed by atoms with Gasteiger partial charge in [-0.2, -0.15) is 0 Å². The molecule has 1 saturated heterocycles. The fraction of sp³-hybridized carbons (Fsp3) is 0.0741. The quantitative estimate of drug-likeness (QED) is 0.352. The maximum Gasteiger partial charge on any atom is 0.329 e. The summed E-state index contributed by atoms with van der Waals surface area (Å²) in [6, 6.07) is 25.7. The zero-order chi connectivity index (χ0) is 23.7. The molecular weight excluding hydrogens is 428 g/mol. The monoisotopic (exact) mass is 450 g/mol. The predicted molar refractivity (Wildman–Crippen MR) is 130 cm³/mol. The van der Waals surface area contributed by atoms with Crippen molar-refractivity contribution in [1.82, 2.24) is 20.0 Å². The Bertz CT molecular complexity index is 1450. The van der Waals surface area contributed by atoms with E-state index in [9.17, 15) is 14.4 Å². The highest BCUT2D eigenvalue weighted by atomic mass is 16.2. The zero-order valence-electron chi connectivity index (χ0n) is 18.5. The maximum absolute atomic E-state index is 13.4. The lowest BCUT2D eigenvalue weighted by molar-refractivity contribution is -0.123. The second-order valence-corrected chi connectivity index (χ2v) is 8.11. The number of amides is 3. The standard InChI is InChI=1S/C27H22N4O3/c1-18-12-14-19(15-13-18)17-30-26(33)23(28-27(30)34)16-22-24(20-8-4-2-5-9-20)29-31(25(22)32)21-10-6-3-7-11-21/h2-16,29H,17H2,1H3,(H,28,34)/b23-16-. The molecule has 2 heterocycles. The molecule has 3 amide bonds. The van der Waals surface area contributed by atoms with Crippen molar-refractivity contribution in [3.63, 3.8) is 0 Å². The molecule has 2 N–H and O–H groups in total. The number of nitrogens with zero attached hydrogens (tertiary/aromatic N) is 2. The number of imide groups is 1. The Balaban J connectivity index is 1.55. The molecule has 0 atom stereocenters. The molecule has 0 saturated carbocycles. The van der Waals surface area contributed by atoms with Crippen LogP contribution >= 0.6 is 0 Å². The Morgan fingerprint density at radius 3 is 2.15 bits per heavy atom. The molecule has 0 aliphatic carbocycles. The Morgan fingerprint density at radius 2 is 1.47 bits per heavy atom. The summed E-state index contributed by atoms with van der Waals surface area (Å²) in [7, 11) is 0. The number of para-hydroxylation sites is 1. The van der Waals surface area contributed by atoms with E-state index in [0.29, 0.717) is 11.4 Å².